The van der Waals surface area contributed by atoms with E-state index in [9.17, 15) is 18.0 Å². The van der Waals surface area contributed by atoms with Crippen molar-refractivity contribution < 1.29 is 27.5 Å². The molecule has 0 spiro atoms. The molecule has 0 fully saturated rings. The highest BCUT2D eigenvalue weighted by Crippen LogP contribution is 2.27. The van der Waals surface area contributed by atoms with Crippen molar-refractivity contribution in [2.75, 3.05) is 18.4 Å². The van der Waals surface area contributed by atoms with Crippen molar-refractivity contribution in [1.29, 1.82) is 0 Å². The van der Waals surface area contributed by atoms with Gasteiger partial charge in [-0.1, -0.05) is 6.08 Å². The zero-order chi connectivity index (χ0) is 18.4. The van der Waals surface area contributed by atoms with Crippen LogP contribution in [0.2, 0.25) is 0 Å². The minimum Gasteiger partial charge on any atom is -0.465 e. The third kappa shape index (κ3) is 4.60. The molecule has 1 aliphatic rings. The maximum absolute atomic E-state index is 12.7. The van der Waals surface area contributed by atoms with Gasteiger partial charge in [0.25, 0.3) is 0 Å². The second-order valence-electron chi connectivity index (χ2n) is 5.52. The molecule has 7 nitrogen and oxygen atoms in total. The Morgan fingerprint density at radius 3 is 2.48 bits per heavy atom. The largest absolute Gasteiger partial charge is 0.465 e. The van der Waals surface area contributed by atoms with E-state index in [0.29, 0.717) is 30.5 Å². The van der Waals surface area contributed by atoms with Crippen LogP contribution in [-0.4, -0.2) is 39.3 Å². The molecule has 0 saturated heterocycles. The van der Waals surface area contributed by atoms with Crippen LogP contribution in [0, 0.1) is 0 Å². The van der Waals surface area contributed by atoms with Gasteiger partial charge in [-0.2, -0.15) is 0 Å². The zero-order valence-electron chi connectivity index (χ0n) is 14.2. The van der Waals surface area contributed by atoms with E-state index >= 15 is 0 Å². The van der Waals surface area contributed by atoms with Crippen LogP contribution < -0.4 is 4.72 Å². The van der Waals surface area contributed by atoms with Gasteiger partial charge in [-0.25, -0.2) is 18.0 Å². The van der Waals surface area contributed by atoms with Crippen molar-refractivity contribution in [3.05, 3.63) is 41.5 Å². The lowest BCUT2D eigenvalue weighted by molar-refractivity contribution is -0.138. The van der Waals surface area contributed by atoms with E-state index in [0.717, 1.165) is 0 Å². The average molecular weight is 367 g/mol. The average Bonchev–Trinajstić information content (AvgIpc) is 2.61. The van der Waals surface area contributed by atoms with E-state index in [1.165, 1.54) is 31.4 Å². The molecule has 0 bridgehead atoms. The Kier molecular flexibility index (Phi) is 6.19. The number of sulfonamides is 1. The van der Waals surface area contributed by atoms with Crippen LogP contribution in [0.25, 0.3) is 0 Å². The van der Waals surface area contributed by atoms with Crippen molar-refractivity contribution >= 4 is 27.6 Å². The van der Waals surface area contributed by atoms with Crippen LogP contribution in [0.3, 0.4) is 0 Å². The fraction of sp³-hybridized carbons (Fsp3) is 0.412. The maximum atomic E-state index is 12.7. The quantitative estimate of drug-likeness (QED) is 0.774. The van der Waals surface area contributed by atoms with Gasteiger partial charge in [0.1, 0.15) is 5.25 Å². The van der Waals surface area contributed by atoms with Gasteiger partial charge in [0.15, 0.2) is 0 Å². The van der Waals surface area contributed by atoms with Crippen LogP contribution in [0.5, 0.6) is 0 Å². The van der Waals surface area contributed by atoms with Gasteiger partial charge in [-0.3, -0.25) is 4.72 Å². The molecule has 0 aliphatic heterocycles. The number of esters is 2. The zero-order valence-corrected chi connectivity index (χ0v) is 15.0. The highest BCUT2D eigenvalue weighted by atomic mass is 32.2. The first-order valence-corrected chi connectivity index (χ1v) is 9.51. The van der Waals surface area contributed by atoms with Crippen LogP contribution in [-0.2, 0) is 24.3 Å². The SMILES string of the molecule is CCOC(=O)C1=CCCCC1S(=O)(=O)Nc1ccc(C(=O)OC)cc1. The molecule has 0 amide bonds. The number of benzene rings is 1. The van der Waals surface area contributed by atoms with Crippen LogP contribution in [0.15, 0.2) is 35.9 Å². The Labute approximate surface area is 147 Å². The molecule has 8 heteroatoms. The van der Waals surface area contributed by atoms with Crippen molar-refractivity contribution in [3.63, 3.8) is 0 Å². The smallest absolute Gasteiger partial charge is 0.337 e. The first kappa shape index (κ1) is 19.0. The number of methoxy groups -OCH3 is 1. The van der Waals surface area contributed by atoms with Gasteiger partial charge in [-0.05, 0) is 50.5 Å². The van der Waals surface area contributed by atoms with Crippen molar-refractivity contribution in [3.8, 4) is 0 Å². The third-order valence-corrected chi connectivity index (χ3v) is 5.59. The van der Waals surface area contributed by atoms with E-state index in [1.807, 2.05) is 0 Å². The molecule has 2 rings (SSSR count). The molecule has 136 valence electrons. The molecule has 1 atom stereocenters. The second kappa shape index (κ2) is 8.15. The topological polar surface area (TPSA) is 98.8 Å². The minimum atomic E-state index is -3.82. The lowest BCUT2D eigenvalue weighted by Crippen LogP contribution is -2.34. The molecular weight excluding hydrogens is 346 g/mol. The Bertz CT molecular complexity index is 767. The summed E-state index contributed by atoms with van der Waals surface area (Å²) in [4.78, 5) is 23.4. The molecular formula is C17H21NO6S. The molecule has 25 heavy (non-hydrogen) atoms. The van der Waals surface area contributed by atoms with Crippen molar-refractivity contribution in [2.24, 2.45) is 0 Å². The van der Waals surface area contributed by atoms with Crippen molar-refractivity contribution in [2.45, 2.75) is 31.4 Å². The van der Waals surface area contributed by atoms with Crippen LogP contribution in [0.1, 0.15) is 36.5 Å². The van der Waals surface area contributed by atoms with E-state index in [2.05, 4.69) is 9.46 Å². The lowest BCUT2D eigenvalue weighted by atomic mass is 9.99. The highest BCUT2D eigenvalue weighted by Gasteiger charge is 2.35. The summed E-state index contributed by atoms with van der Waals surface area (Å²) >= 11 is 0. The number of carbonyl (C=O) groups is 2. The number of hydrogen-bond donors (Lipinski definition) is 1. The predicted molar refractivity (Wildman–Crippen MR) is 92.7 cm³/mol. The van der Waals surface area contributed by atoms with Crippen molar-refractivity contribution in [1.82, 2.24) is 0 Å². The molecule has 1 unspecified atom stereocenters. The summed E-state index contributed by atoms with van der Waals surface area (Å²) in [6.45, 7) is 1.86. The summed E-state index contributed by atoms with van der Waals surface area (Å²) in [5.74, 6) is -1.10. The third-order valence-electron chi connectivity index (χ3n) is 3.83. The number of nitrogens with one attached hydrogen (secondary N) is 1. The van der Waals surface area contributed by atoms with Gasteiger partial charge in [0, 0.05) is 5.69 Å². The normalized spacial score (nSPS) is 17.4. The molecule has 1 N–H and O–H groups in total. The van der Waals surface area contributed by atoms with Gasteiger partial charge < -0.3 is 9.47 Å². The number of hydrogen-bond acceptors (Lipinski definition) is 6. The summed E-state index contributed by atoms with van der Waals surface area (Å²) in [7, 11) is -2.55. The number of allylic oxidation sites excluding steroid dienone is 1. The molecule has 0 heterocycles. The van der Waals surface area contributed by atoms with Gasteiger partial charge in [0.05, 0.1) is 24.9 Å². The summed E-state index contributed by atoms with van der Waals surface area (Å²) in [5.41, 5.74) is 0.795. The Morgan fingerprint density at radius 2 is 1.88 bits per heavy atom. The molecule has 0 saturated carbocycles. The highest BCUT2D eigenvalue weighted by molar-refractivity contribution is 7.93. The van der Waals surface area contributed by atoms with E-state index in [-0.39, 0.29) is 12.2 Å². The van der Waals surface area contributed by atoms with E-state index in [1.54, 1.807) is 13.0 Å². The first-order valence-electron chi connectivity index (χ1n) is 7.96. The standard InChI is InChI=1S/C17H21NO6S/c1-3-24-17(20)14-6-4-5-7-15(14)25(21,22)18-13-10-8-12(9-11-13)16(19)23-2/h6,8-11,15,18H,3-5,7H2,1-2H3. The summed E-state index contributed by atoms with van der Waals surface area (Å²) < 4.78 is 37.4. The van der Waals surface area contributed by atoms with Gasteiger partial charge >= 0.3 is 11.9 Å². The van der Waals surface area contributed by atoms with Crippen LogP contribution >= 0.6 is 0 Å². The number of rotatable bonds is 6. The summed E-state index contributed by atoms with van der Waals surface area (Å²) in [5, 5.41) is -0.958. The molecule has 0 radical (unpaired) electrons. The van der Waals surface area contributed by atoms with E-state index in [4.69, 9.17) is 4.74 Å². The Balaban J connectivity index is 2.19. The number of ether oxygens (including phenoxy) is 2. The fourth-order valence-electron chi connectivity index (χ4n) is 2.63. The summed E-state index contributed by atoms with van der Waals surface area (Å²) in [6, 6.07) is 5.88. The number of anilines is 1. The molecule has 0 aromatic heterocycles. The summed E-state index contributed by atoms with van der Waals surface area (Å²) in [6.07, 6.45) is 3.30. The molecule has 1 aromatic rings. The number of carbonyl (C=O) groups excluding carboxylic acids is 2. The monoisotopic (exact) mass is 367 g/mol. The van der Waals surface area contributed by atoms with Gasteiger partial charge in [0.2, 0.25) is 10.0 Å². The first-order chi connectivity index (χ1) is 11.9. The minimum absolute atomic E-state index is 0.173. The van der Waals surface area contributed by atoms with E-state index < -0.39 is 27.2 Å². The second-order valence-corrected chi connectivity index (χ2v) is 7.38. The molecule has 1 aromatic carbocycles. The predicted octanol–water partition coefficient (Wildman–Crippen LogP) is 2.26. The Hall–Kier alpha value is -2.35. The lowest BCUT2D eigenvalue weighted by Gasteiger charge is -2.23. The Morgan fingerprint density at radius 1 is 1.20 bits per heavy atom. The fourth-order valence-corrected chi connectivity index (χ4v) is 4.24. The van der Waals surface area contributed by atoms with Gasteiger partial charge in [-0.15, -0.1) is 0 Å². The maximum Gasteiger partial charge on any atom is 0.337 e. The van der Waals surface area contributed by atoms with Crippen LogP contribution in [0.4, 0.5) is 5.69 Å². The molecule has 1 aliphatic carbocycles.